The third kappa shape index (κ3) is 8.38. The van der Waals surface area contributed by atoms with Crippen LogP contribution in [0.5, 0.6) is 11.5 Å². The van der Waals surface area contributed by atoms with E-state index in [0.29, 0.717) is 33.1 Å². The van der Waals surface area contributed by atoms with Crippen molar-refractivity contribution in [2.75, 3.05) is 10.6 Å². The molecule has 1 aromatic heterocycles. The van der Waals surface area contributed by atoms with Gasteiger partial charge in [0.25, 0.3) is 5.91 Å². The lowest BCUT2D eigenvalue weighted by molar-refractivity contribution is -0.145. The number of halogens is 4. The molecule has 1 atom stereocenters. The highest BCUT2D eigenvalue weighted by Crippen LogP contribution is 2.37. The van der Waals surface area contributed by atoms with E-state index in [4.69, 9.17) is 26.8 Å². The van der Waals surface area contributed by atoms with Crippen molar-refractivity contribution in [3.8, 4) is 11.5 Å². The molecule has 0 bridgehead atoms. The first-order valence-electron chi connectivity index (χ1n) is 13.5. The smallest absolute Gasteiger partial charge is 0.446 e. The van der Waals surface area contributed by atoms with Crippen LogP contribution in [0.1, 0.15) is 10.4 Å². The minimum atomic E-state index is -4.38. The molecule has 0 aliphatic carbocycles. The standard InChI is InChI=1S/C32H24ClF3N4O5S/c33-20-6-15-27-25(16-20)26(17-40(27)29(41)28(37)30(42)44-18-19-4-2-1-3-5-19)39-31(43)38-21-7-9-22(10-8-21)45-23-11-13-24(14-12-23)46-32(34,35)36/h1-17,28H,18,37H2,(H2,38,39,43). The second-order valence-electron chi connectivity index (χ2n) is 9.71. The van der Waals surface area contributed by atoms with Crippen LogP contribution in [-0.2, 0) is 16.1 Å². The van der Waals surface area contributed by atoms with E-state index in [-0.39, 0.29) is 29.0 Å². The number of aromatic nitrogens is 1. The van der Waals surface area contributed by atoms with E-state index in [1.807, 2.05) is 6.07 Å². The molecule has 9 nitrogen and oxygen atoms in total. The highest BCUT2D eigenvalue weighted by Gasteiger charge is 2.29. The summed E-state index contributed by atoms with van der Waals surface area (Å²) in [4.78, 5) is 38.7. The summed E-state index contributed by atoms with van der Waals surface area (Å²) in [6.07, 6.45) is 1.34. The molecule has 0 fully saturated rings. The van der Waals surface area contributed by atoms with Crippen LogP contribution < -0.4 is 21.1 Å². The Bertz CT molecular complexity index is 1870. The second kappa shape index (κ2) is 14.0. The maximum Gasteiger partial charge on any atom is 0.446 e. The third-order valence-electron chi connectivity index (χ3n) is 6.40. The number of benzene rings is 4. The number of nitrogens with zero attached hydrogens (tertiary/aromatic N) is 1. The van der Waals surface area contributed by atoms with E-state index < -0.39 is 29.5 Å². The number of esters is 1. The molecule has 0 aliphatic rings. The van der Waals surface area contributed by atoms with Gasteiger partial charge in [-0.2, -0.15) is 13.2 Å². The summed E-state index contributed by atoms with van der Waals surface area (Å²) in [5.74, 6) is -0.971. The molecule has 14 heteroatoms. The summed E-state index contributed by atoms with van der Waals surface area (Å²) >= 11 is 5.97. The molecule has 46 heavy (non-hydrogen) atoms. The van der Waals surface area contributed by atoms with Gasteiger partial charge in [-0.05, 0) is 84.1 Å². The highest BCUT2D eigenvalue weighted by atomic mass is 35.5. The Labute approximate surface area is 269 Å². The van der Waals surface area contributed by atoms with Gasteiger partial charge in [0, 0.05) is 27.2 Å². The number of anilines is 2. The summed E-state index contributed by atoms with van der Waals surface area (Å²) in [6.45, 7) is -0.0551. The second-order valence-corrected chi connectivity index (χ2v) is 11.3. The van der Waals surface area contributed by atoms with Crippen molar-refractivity contribution in [3.05, 3.63) is 114 Å². The zero-order valence-electron chi connectivity index (χ0n) is 23.6. The Morgan fingerprint density at radius 2 is 1.54 bits per heavy atom. The first kappa shape index (κ1) is 32.4. The van der Waals surface area contributed by atoms with Crippen LogP contribution in [0.2, 0.25) is 5.02 Å². The number of hydrogen-bond acceptors (Lipinski definition) is 7. The monoisotopic (exact) mass is 668 g/mol. The molecule has 0 saturated heterocycles. The summed E-state index contributed by atoms with van der Waals surface area (Å²) in [5, 5.41) is 6.10. The molecule has 1 unspecified atom stereocenters. The molecule has 5 rings (SSSR count). The normalized spacial score (nSPS) is 11.9. The lowest BCUT2D eigenvalue weighted by atomic mass is 10.2. The van der Waals surface area contributed by atoms with Crippen LogP contribution in [0.15, 0.2) is 108 Å². The molecule has 0 saturated carbocycles. The van der Waals surface area contributed by atoms with Crippen LogP contribution >= 0.6 is 23.4 Å². The number of ether oxygens (including phenoxy) is 2. The van der Waals surface area contributed by atoms with E-state index in [2.05, 4.69) is 10.6 Å². The molecule has 0 spiro atoms. The number of alkyl halides is 3. The molecule has 1 heterocycles. The van der Waals surface area contributed by atoms with Crippen molar-refractivity contribution in [2.24, 2.45) is 5.73 Å². The minimum absolute atomic E-state index is 0.0318. The number of fused-ring (bicyclic) bond motifs is 1. The van der Waals surface area contributed by atoms with E-state index in [1.54, 1.807) is 66.7 Å². The Morgan fingerprint density at radius 3 is 2.20 bits per heavy atom. The van der Waals surface area contributed by atoms with Gasteiger partial charge >= 0.3 is 17.5 Å². The average Bonchev–Trinajstić information content (AvgIpc) is 3.37. The SMILES string of the molecule is NC(C(=O)OCc1ccccc1)C(=O)n1cc(NC(=O)Nc2ccc(Oc3ccc(SC(F)(F)F)cc3)cc2)c2cc(Cl)ccc21. The number of nitrogens with two attached hydrogens (primary N) is 1. The van der Waals surface area contributed by atoms with Gasteiger partial charge in [0.1, 0.15) is 18.1 Å². The van der Waals surface area contributed by atoms with Crippen LogP contribution in [0.3, 0.4) is 0 Å². The van der Waals surface area contributed by atoms with Crippen LogP contribution in [-0.4, -0.2) is 34.0 Å². The van der Waals surface area contributed by atoms with Gasteiger partial charge in [0.05, 0.1) is 11.2 Å². The highest BCUT2D eigenvalue weighted by molar-refractivity contribution is 8.00. The number of nitrogens with one attached hydrogen (secondary N) is 2. The summed E-state index contributed by atoms with van der Waals surface area (Å²) in [6, 6.07) is 23.0. The molecule has 2 amide bonds. The van der Waals surface area contributed by atoms with Crippen LogP contribution in [0.4, 0.5) is 29.3 Å². The third-order valence-corrected chi connectivity index (χ3v) is 7.38. The van der Waals surface area contributed by atoms with E-state index in [0.717, 1.165) is 10.1 Å². The number of amides is 2. The summed E-state index contributed by atoms with van der Waals surface area (Å²) in [5.41, 5.74) is 3.27. The van der Waals surface area contributed by atoms with E-state index >= 15 is 0 Å². The number of carbonyl (C=O) groups excluding carboxylic acids is 3. The van der Waals surface area contributed by atoms with E-state index in [1.165, 1.54) is 30.5 Å². The zero-order chi connectivity index (χ0) is 32.8. The van der Waals surface area contributed by atoms with Gasteiger partial charge in [-0.15, -0.1) is 0 Å². The number of hydrogen-bond donors (Lipinski definition) is 3. The maximum atomic E-state index is 13.2. The number of urea groups is 1. The fourth-order valence-corrected chi connectivity index (χ4v) is 5.00. The Morgan fingerprint density at radius 1 is 0.891 bits per heavy atom. The van der Waals surface area contributed by atoms with Gasteiger partial charge in [0.2, 0.25) is 0 Å². The Hall–Kier alpha value is -4.98. The van der Waals surface area contributed by atoms with Gasteiger partial charge in [-0.1, -0.05) is 41.9 Å². The molecule has 0 aliphatic heterocycles. The van der Waals surface area contributed by atoms with Crippen molar-refractivity contribution in [3.63, 3.8) is 0 Å². The summed E-state index contributed by atoms with van der Waals surface area (Å²) in [7, 11) is 0. The van der Waals surface area contributed by atoms with E-state index in [9.17, 15) is 27.6 Å². The minimum Gasteiger partial charge on any atom is -0.459 e. The number of rotatable bonds is 9. The predicted octanol–water partition coefficient (Wildman–Crippen LogP) is 8.05. The molecule has 236 valence electrons. The zero-order valence-corrected chi connectivity index (χ0v) is 25.2. The Balaban J connectivity index is 1.23. The number of thioether (sulfide) groups is 1. The van der Waals surface area contributed by atoms with Crippen molar-refractivity contribution in [1.82, 2.24) is 4.57 Å². The lowest BCUT2D eigenvalue weighted by Crippen LogP contribution is -2.42. The predicted molar refractivity (Wildman–Crippen MR) is 169 cm³/mol. The maximum absolute atomic E-state index is 13.2. The molecular weight excluding hydrogens is 645 g/mol. The van der Waals surface area contributed by atoms with Gasteiger partial charge in [0.15, 0.2) is 6.04 Å². The fraction of sp³-hybridized carbons (Fsp3) is 0.0938. The van der Waals surface area contributed by atoms with Crippen molar-refractivity contribution in [2.45, 2.75) is 23.1 Å². The summed E-state index contributed by atoms with van der Waals surface area (Å²) < 4.78 is 49.7. The van der Waals surface area contributed by atoms with Gasteiger partial charge in [-0.25, -0.2) is 9.59 Å². The molecule has 0 radical (unpaired) electrons. The van der Waals surface area contributed by atoms with Gasteiger partial charge < -0.3 is 25.8 Å². The first-order chi connectivity index (χ1) is 21.9. The van der Waals surface area contributed by atoms with Crippen molar-refractivity contribution >= 4 is 63.5 Å². The van der Waals surface area contributed by atoms with Gasteiger partial charge in [-0.3, -0.25) is 9.36 Å². The lowest BCUT2D eigenvalue weighted by Gasteiger charge is -2.12. The Kier molecular flexibility index (Phi) is 9.85. The quantitative estimate of drug-likeness (QED) is 0.0824. The largest absolute Gasteiger partial charge is 0.459 e. The van der Waals surface area contributed by atoms with Crippen molar-refractivity contribution < 1.29 is 37.0 Å². The average molecular weight is 669 g/mol. The van der Waals surface area contributed by atoms with Crippen molar-refractivity contribution in [1.29, 1.82) is 0 Å². The number of carbonyl (C=O) groups is 3. The van der Waals surface area contributed by atoms with Crippen LogP contribution in [0, 0.1) is 0 Å². The molecule has 4 aromatic carbocycles. The molecular formula is C32H24ClF3N4O5S. The first-order valence-corrected chi connectivity index (χ1v) is 14.7. The molecule has 4 N–H and O–H groups in total. The fourth-order valence-electron chi connectivity index (χ4n) is 4.29. The molecule has 5 aromatic rings. The van der Waals surface area contributed by atoms with Crippen LogP contribution in [0.25, 0.3) is 10.9 Å². The topological polar surface area (TPSA) is 125 Å².